The van der Waals surface area contributed by atoms with Crippen LogP contribution in [0.4, 0.5) is 0 Å². The predicted octanol–water partition coefficient (Wildman–Crippen LogP) is 10.9. The van der Waals surface area contributed by atoms with E-state index in [1.807, 2.05) is 183 Å². The molecule has 70 heavy (non-hydrogen) atoms. The van der Waals surface area contributed by atoms with Gasteiger partial charge in [-0.2, -0.15) is 0 Å². The molecule has 0 radical (unpaired) electrons. The highest BCUT2D eigenvalue weighted by Gasteiger charge is 2.40. The van der Waals surface area contributed by atoms with Crippen LogP contribution in [0.5, 0.6) is 0 Å². The van der Waals surface area contributed by atoms with Gasteiger partial charge in [0.05, 0.1) is 37.1 Å². The molecule has 8 aromatic carbocycles. The SMILES string of the molecule is O=C(ONCc1ccccc1-c1cn(C(c2ccccc2)(c2ccccc2)c2ccccc2)cn1)C(=O)ONCc1ccccc1-c1cn(C(c2ccccc2)(c2ccccc2)c2ccccc2)cn1. The van der Waals surface area contributed by atoms with Crippen molar-refractivity contribution < 1.29 is 19.3 Å². The second kappa shape index (κ2) is 20.5. The summed E-state index contributed by atoms with van der Waals surface area (Å²) in [6.07, 6.45) is 7.79. The van der Waals surface area contributed by atoms with Crippen molar-refractivity contribution in [2.24, 2.45) is 0 Å². The van der Waals surface area contributed by atoms with Gasteiger partial charge in [0.1, 0.15) is 11.1 Å². The topological polar surface area (TPSA) is 112 Å². The highest BCUT2D eigenvalue weighted by atomic mass is 16.7. The highest BCUT2D eigenvalue weighted by molar-refractivity contribution is 6.29. The smallest absolute Gasteiger partial charge is 0.361 e. The van der Waals surface area contributed by atoms with Crippen LogP contribution in [-0.4, -0.2) is 31.0 Å². The van der Waals surface area contributed by atoms with Crippen LogP contribution < -0.4 is 11.0 Å². The maximum atomic E-state index is 13.0. The molecular formula is C60H48N6O4. The van der Waals surface area contributed by atoms with Crippen molar-refractivity contribution >= 4 is 11.9 Å². The monoisotopic (exact) mass is 916 g/mol. The van der Waals surface area contributed by atoms with E-state index < -0.39 is 23.0 Å². The number of hydrogen-bond donors (Lipinski definition) is 2. The summed E-state index contributed by atoms with van der Waals surface area (Å²) in [7, 11) is 0. The largest absolute Gasteiger partial charge is 0.437 e. The van der Waals surface area contributed by atoms with Crippen molar-refractivity contribution in [1.82, 2.24) is 30.1 Å². The second-order valence-corrected chi connectivity index (χ2v) is 16.7. The number of aromatic nitrogens is 4. The lowest BCUT2D eigenvalue weighted by molar-refractivity contribution is -0.177. The Labute approximate surface area is 406 Å². The number of carbonyl (C=O) groups is 2. The fourth-order valence-corrected chi connectivity index (χ4v) is 9.55. The van der Waals surface area contributed by atoms with Gasteiger partial charge in [-0.05, 0) is 44.5 Å². The Kier molecular flexibility index (Phi) is 13.1. The molecule has 0 saturated carbocycles. The third-order valence-electron chi connectivity index (χ3n) is 12.7. The van der Waals surface area contributed by atoms with Crippen LogP contribution in [0.25, 0.3) is 22.5 Å². The molecule has 10 nitrogen and oxygen atoms in total. The molecule has 342 valence electrons. The summed E-state index contributed by atoms with van der Waals surface area (Å²) in [4.78, 5) is 46.2. The average Bonchev–Trinajstić information content (AvgIpc) is 4.13. The quantitative estimate of drug-likeness (QED) is 0.0560. The second-order valence-electron chi connectivity index (χ2n) is 16.7. The van der Waals surface area contributed by atoms with Crippen LogP contribution in [0.15, 0.2) is 256 Å². The Morgan fingerprint density at radius 1 is 0.371 bits per heavy atom. The molecule has 2 N–H and O–H groups in total. The molecule has 0 unspecified atom stereocenters. The first-order chi connectivity index (χ1) is 34.6. The van der Waals surface area contributed by atoms with Crippen LogP contribution in [0.1, 0.15) is 44.5 Å². The molecule has 0 aliphatic carbocycles. The summed E-state index contributed by atoms with van der Waals surface area (Å²) in [6.45, 7) is 0.188. The molecule has 0 amide bonds. The Hall–Kier alpha value is -8.96. The van der Waals surface area contributed by atoms with Crippen molar-refractivity contribution in [2.45, 2.75) is 24.2 Å². The summed E-state index contributed by atoms with van der Waals surface area (Å²) in [5.74, 6) is -2.42. The van der Waals surface area contributed by atoms with E-state index >= 15 is 0 Å². The van der Waals surface area contributed by atoms with E-state index in [0.717, 1.165) is 67.0 Å². The summed E-state index contributed by atoms with van der Waals surface area (Å²) < 4.78 is 4.30. The number of imidazole rings is 2. The summed E-state index contributed by atoms with van der Waals surface area (Å²) in [5.41, 5.74) is 15.0. The molecule has 0 aliphatic heterocycles. The minimum atomic E-state index is -1.21. The first kappa shape index (κ1) is 44.9. The first-order valence-electron chi connectivity index (χ1n) is 23.0. The summed E-state index contributed by atoms with van der Waals surface area (Å²) in [6, 6.07) is 77.8. The van der Waals surface area contributed by atoms with Gasteiger partial charge in [0.2, 0.25) is 0 Å². The van der Waals surface area contributed by atoms with Crippen molar-refractivity contribution in [1.29, 1.82) is 0 Å². The summed E-state index contributed by atoms with van der Waals surface area (Å²) in [5, 5.41) is 0. The van der Waals surface area contributed by atoms with Gasteiger partial charge < -0.3 is 18.8 Å². The normalized spacial score (nSPS) is 11.5. The van der Waals surface area contributed by atoms with Gasteiger partial charge >= 0.3 is 11.9 Å². The standard InChI is InChI=1S/C60H48N6O4/c67-57(69-63-39-45-23-19-21-37-53(45)55-41-65(43-61-55)59(47-25-7-1-8-26-47,48-27-9-2-10-28-48)49-29-11-3-12-30-49)58(68)70-64-40-46-24-20-22-38-54(46)56-42-66(44-62-56)60(50-31-13-4-14-32-50,51-33-15-5-16-34-51)52-35-17-6-18-36-52/h1-38,41-44,63-64H,39-40H2. The fraction of sp³-hybridized carbons (Fsp3) is 0.0667. The molecule has 10 heteroatoms. The lowest BCUT2D eigenvalue weighted by atomic mass is 9.77. The van der Waals surface area contributed by atoms with E-state index in [1.54, 1.807) is 0 Å². The number of hydrogen-bond acceptors (Lipinski definition) is 8. The summed E-state index contributed by atoms with van der Waals surface area (Å²) >= 11 is 0. The zero-order chi connectivity index (χ0) is 47.6. The predicted molar refractivity (Wildman–Crippen MR) is 270 cm³/mol. The van der Waals surface area contributed by atoms with Gasteiger partial charge in [0, 0.05) is 23.5 Å². The minimum Gasteiger partial charge on any atom is -0.361 e. The van der Waals surface area contributed by atoms with Gasteiger partial charge in [0.25, 0.3) is 0 Å². The van der Waals surface area contributed by atoms with Gasteiger partial charge in [-0.15, -0.1) is 11.0 Å². The number of nitrogens with zero attached hydrogens (tertiary/aromatic N) is 4. The molecular weight excluding hydrogens is 869 g/mol. The van der Waals surface area contributed by atoms with E-state index in [9.17, 15) is 9.59 Å². The van der Waals surface area contributed by atoms with E-state index in [2.05, 4.69) is 92.9 Å². The van der Waals surface area contributed by atoms with Gasteiger partial charge in [-0.1, -0.05) is 231 Å². The average molecular weight is 917 g/mol. The minimum absolute atomic E-state index is 0.0941. The molecule has 0 saturated heterocycles. The zero-order valence-corrected chi connectivity index (χ0v) is 38.1. The van der Waals surface area contributed by atoms with E-state index in [4.69, 9.17) is 19.6 Å². The maximum Gasteiger partial charge on any atom is 0.437 e. The maximum absolute atomic E-state index is 13.0. The molecule has 0 atom stereocenters. The number of benzene rings is 8. The van der Waals surface area contributed by atoms with E-state index in [1.165, 1.54) is 0 Å². The molecule has 2 heterocycles. The third-order valence-corrected chi connectivity index (χ3v) is 12.7. The number of carbonyl (C=O) groups excluding carboxylic acids is 2. The number of nitrogens with one attached hydrogen (secondary N) is 2. The van der Waals surface area contributed by atoms with Crippen LogP contribution in [-0.2, 0) is 43.4 Å². The highest BCUT2D eigenvalue weighted by Crippen LogP contribution is 2.43. The Bertz CT molecular complexity index is 2890. The third kappa shape index (κ3) is 8.72. The molecule has 10 rings (SSSR count). The lowest BCUT2D eigenvalue weighted by Gasteiger charge is -2.37. The van der Waals surface area contributed by atoms with Crippen molar-refractivity contribution in [3.05, 3.63) is 300 Å². The van der Waals surface area contributed by atoms with Gasteiger partial charge in [-0.3, -0.25) is 0 Å². The van der Waals surface area contributed by atoms with Gasteiger partial charge in [-0.25, -0.2) is 19.6 Å². The number of rotatable bonds is 16. The molecule has 0 spiro atoms. The molecule has 10 aromatic rings. The Morgan fingerprint density at radius 3 is 0.914 bits per heavy atom. The van der Waals surface area contributed by atoms with Crippen LogP contribution in [0.2, 0.25) is 0 Å². The lowest BCUT2D eigenvalue weighted by Crippen LogP contribution is -2.36. The van der Waals surface area contributed by atoms with Crippen molar-refractivity contribution in [3.63, 3.8) is 0 Å². The zero-order valence-electron chi connectivity index (χ0n) is 38.1. The molecule has 0 bridgehead atoms. The van der Waals surface area contributed by atoms with E-state index in [-0.39, 0.29) is 13.1 Å². The molecule has 0 aliphatic rings. The molecule has 2 aromatic heterocycles. The fourth-order valence-electron chi connectivity index (χ4n) is 9.55. The van der Waals surface area contributed by atoms with Crippen LogP contribution >= 0.6 is 0 Å². The number of hydroxylamine groups is 2. The van der Waals surface area contributed by atoms with Crippen LogP contribution in [0.3, 0.4) is 0 Å². The first-order valence-corrected chi connectivity index (χ1v) is 23.0. The molecule has 0 fully saturated rings. The van der Waals surface area contributed by atoms with Crippen molar-refractivity contribution in [2.75, 3.05) is 0 Å². The van der Waals surface area contributed by atoms with Crippen molar-refractivity contribution in [3.8, 4) is 22.5 Å². The van der Waals surface area contributed by atoms with Crippen LogP contribution in [0, 0.1) is 0 Å². The Morgan fingerprint density at radius 2 is 0.629 bits per heavy atom. The Balaban J connectivity index is 0.823. The van der Waals surface area contributed by atoms with Gasteiger partial charge in [0.15, 0.2) is 0 Å². The van der Waals surface area contributed by atoms with E-state index in [0.29, 0.717) is 0 Å².